The molecule has 0 N–H and O–H groups in total. The summed E-state index contributed by atoms with van der Waals surface area (Å²) in [6.45, 7) is 4.40. The first-order valence-electron chi connectivity index (χ1n) is 5.64. The number of nitrogens with zero attached hydrogens (tertiary/aromatic N) is 3. The van der Waals surface area contributed by atoms with E-state index in [1.54, 1.807) is 12.4 Å². The van der Waals surface area contributed by atoms with Gasteiger partial charge in [0.15, 0.2) is 0 Å². The Labute approximate surface area is 100 Å². The van der Waals surface area contributed by atoms with Crippen molar-refractivity contribution >= 4 is 22.6 Å². The average Bonchev–Trinajstić information content (AvgIpc) is 2.67. The van der Waals surface area contributed by atoms with Gasteiger partial charge < -0.3 is 4.57 Å². The Morgan fingerprint density at radius 2 is 2.31 bits per heavy atom. The molecule has 86 valence electrons. The maximum absolute atomic E-state index is 5.94. The molecule has 4 heteroatoms. The van der Waals surface area contributed by atoms with Gasteiger partial charge >= 0.3 is 0 Å². The fourth-order valence-electron chi connectivity index (χ4n) is 2.13. The standard InChI is InChI=1S/C12H16ClN3/c1-3-4-9(2)16-11-5-6-14-8-10(11)15-12(16)7-13/h5-6,8-9H,3-4,7H2,1-2H3. The third kappa shape index (κ3) is 1.92. The van der Waals surface area contributed by atoms with Gasteiger partial charge in [-0.25, -0.2) is 4.98 Å². The highest BCUT2D eigenvalue weighted by atomic mass is 35.5. The summed E-state index contributed by atoms with van der Waals surface area (Å²) >= 11 is 5.94. The molecule has 2 heterocycles. The number of pyridine rings is 1. The Bertz CT molecular complexity index is 478. The average molecular weight is 238 g/mol. The third-order valence-electron chi connectivity index (χ3n) is 2.83. The van der Waals surface area contributed by atoms with Crippen molar-refractivity contribution in [3.63, 3.8) is 0 Å². The van der Waals surface area contributed by atoms with Crippen LogP contribution in [-0.4, -0.2) is 14.5 Å². The SMILES string of the molecule is CCCC(C)n1c(CCl)nc2cnccc21. The third-order valence-corrected chi connectivity index (χ3v) is 3.07. The molecule has 0 aliphatic heterocycles. The molecule has 0 bridgehead atoms. The molecule has 2 rings (SSSR count). The van der Waals surface area contributed by atoms with Crippen LogP contribution in [0.5, 0.6) is 0 Å². The van der Waals surface area contributed by atoms with Crippen molar-refractivity contribution in [2.75, 3.05) is 0 Å². The monoisotopic (exact) mass is 237 g/mol. The summed E-state index contributed by atoms with van der Waals surface area (Å²) < 4.78 is 2.23. The molecule has 0 aliphatic carbocycles. The Kier molecular flexibility index (Phi) is 3.44. The van der Waals surface area contributed by atoms with Crippen LogP contribution in [0.25, 0.3) is 11.0 Å². The summed E-state index contributed by atoms with van der Waals surface area (Å²) in [5, 5.41) is 0. The van der Waals surface area contributed by atoms with Crippen molar-refractivity contribution in [1.82, 2.24) is 14.5 Å². The molecule has 2 aromatic heterocycles. The van der Waals surface area contributed by atoms with Gasteiger partial charge in [0.1, 0.15) is 11.3 Å². The van der Waals surface area contributed by atoms with Crippen molar-refractivity contribution in [2.45, 2.75) is 38.6 Å². The Hall–Kier alpha value is -1.09. The minimum Gasteiger partial charge on any atom is -0.324 e. The predicted octanol–water partition coefficient (Wildman–Crippen LogP) is 3.53. The number of alkyl halides is 1. The van der Waals surface area contributed by atoms with E-state index in [2.05, 4.69) is 28.4 Å². The number of halogens is 1. The second-order valence-corrected chi connectivity index (χ2v) is 4.30. The van der Waals surface area contributed by atoms with Crippen molar-refractivity contribution in [3.05, 3.63) is 24.3 Å². The van der Waals surface area contributed by atoms with Gasteiger partial charge in [0, 0.05) is 12.2 Å². The van der Waals surface area contributed by atoms with Gasteiger partial charge in [0.25, 0.3) is 0 Å². The Balaban J connectivity index is 2.55. The minimum absolute atomic E-state index is 0.436. The highest BCUT2D eigenvalue weighted by Gasteiger charge is 2.14. The van der Waals surface area contributed by atoms with E-state index in [4.69, 9.17) is 11.6 Å². The van der Waals surface area contributed by atoms with Crippen molar-refractivity contribution in [1.29, 1.82) is 0 Å². The van der Waals surface area contributed by atoms with Crippen LogP contribution in [0, 0.1) is 0 Å². The van der Waals surface area contributed by atoms with Crippen LogP contribution in [0.15, 0.2) is 18.5 Å². The van der Waals surface area contributed by atoms with Crippen LogP contribution in [0.4, 0.5) is 0 Å². The lowest BCUT2D eigenvalue weighted by atomic mass is 10.2. The first-order valence-corrected chi connectivity index (χ1v) is 6.18. The molecule has 1 atom stereocenters. The summed E-state index contributed by atoms with van der Waals surface area (Å²) in [7, 11) is 0. The molecule has 0 fully saturated rings. The molecule has 0 aliphatic rings. The fraction of sp³-hybridized carbons (Fsp3) is 0.500. The molecule has 2 aromatic rings. The number of hydrogen-bond donors (Lipinski definition) is 0. The molecule has 0 amide bonds. The number of fused-ring (bicyclic) bond motifs is 1. The van der Waals surface area contributed by atoms with Crippen molar-refractivity contribution < 1.29 is 0 Å². The number of imidazole rings is 1. The molecule has 0 saturated heterocycles. The Morgan fingerprint density at radius 1 is 1.50 bits per heavy atom. The van der Waals surface area contributed by atoms with Gasteiger partial charge in [0.05, 0.1) is 17.6 Å². The van der Waals surface area contributed by atoms with E-state index >= 15 is 0 Å². The smallest absolute Gasteiger partial charge is 0.125 e. The lowest BCUT2D eigenvalue weighted by Gasteiger charge is -2.15. The van der Waals surface area contributed by atoms with Gasteiger partial charge in [-0.1, -0.05) is 13.3 Å². The van der Waals surface area contributed by atoms with Crippen molar-refractivity contribution in [2.24, 2.45) is 0 Å². The molecular weight excluding hydrogens is 222 g/mol. The maximum Gasteiger partial charge on any atom is 0.125 e. The zero-order valence-electron chi connectivity index (χ0n) is 9.65. The highest BCUT2D eigenvalue weighted by Crippen LogP contribution is 2.24. The molecule has 16 heavy (non-hydrogen) atoms. The van der Waals surface area contributed by atoms with Crippen LogP contribution in [0.3, 0.4) is 0 Å². The topological polar surface area (TPSA) is 30.7 Å². The molecule has 0 saturated carbocycles. The Morgan fingerprint density at radius 3 is 3.00 bits per heavy atom. The molecule has 0 radical (unpaired) electrons. The quantitative estimate of drug-likeness (QED) is 0.762. The predicted molar refractivity (Wildman–Crippen MR) is 66.7 cm³/mol. The van der Waals surface area contributed by atoms with Gasteiger partial charge in [0.2, 0.25) is 0 Å². The van der Waals surface area contributed by atoms with E-state index in [-0.39, 0.29) is 0 Å². The lowest BCUT2D eigenvalue weighted by molar-refractivity contribution is 0.500. The van der Waals surface area contributed by atoms with E-state index in [0.717, 1.165) is 29.7 Å². The number of rotatable bonds is 4. The van der Waals surface area contributed by atoms with E-state index in [0.29, 0.717) is 11.9 Å². The second-order valence-electron chi connectivity index (χ2n) is 4.03. The molecule has 0 spiro atoms. The van der Waals surface area contributed by atoms with Crippen LogP contribution < -0.4 is 0 Å². The fourth-order valence-corrected chi connectivity index (χ4v) is 2.32. The molecule has 1 unspecified atom stereocenters. The van der Waals surface area contributed by atoms with E-state index in [1.165, 1.54) is 0 Å². The zero-order valence-corrected chi connectivity index (χ0v) is 10.4. The summed E-state index contributed by atoms with van der Waals surface area (Å²) in [5.41, 5.74) is 2.06. The zero-order chi connectivity index (χ0) is 11.5. The number of hydrogen-bond acceptors (Lipinski definition) is 2. The van der Waals surface area contributed by atoms with E-state index < -0.39 is 0 Å². The first-order chi connectivity index (χ1) is 7.77. The number of aromatic nitrogens is 3. The molecule has 3 nitrogen and oxygen atoms in total. The van der Waals surface area contributed by atoms with Crippen LogP contribution in [-0.2, 0) is 5.88 Å². The van der Waals surface area contributed by atoms with E-state index in [1.807, 2.05) is 6.07 Å². The molecular formula is C12H16ClN3. The molecule has 0 aromatic carbocycles. The van der Waals surface area contributed by atoms with Gasteiger partial charge in [-0.2, -0.15) is 0 Å². The highest BCUT2D eigenvalue weighted by molar-refractivity contribution is 6.16. The normalized spacial score (nSPS) is 13.2. The maximum atomic E-state index is 5.94. The van der Waals surface area contributed by atoms with E-state index in [9.17, 15) is 0 Å². The minimum atomic E-state index is 0.436. The lowest BCUT2D eigenvalue weighted by Crippen LogP contribution is -2.08. The summed E-state index contributed by atoms with van der Waals surface area (Å²) in [4.78, 5) is 8.59. The van der Waals surface area contributed by atoms with Crippen molar-refractivity contribution in [3.8, 4) is 0 Å². The van der Waals surface area contributed by atoms with Gasteiger partial charge in [-0.05, 0) is 19.4 Å². The summed E-state index contributed by atoms with van der Waals surface area (Å²) in [6.07, 6.45) is 5.89. The largest absolute Gasteiger partial charge is 0.324 e. The van der Waals surface area contributed by atoms with Crippen LogP contribution >= 0.6 is 11.6 Å². The summed E-state index contributed by atoms with van der Waals surface area (Å²) in [6, 6.07) is 2.44. The summed E-state index contributed by atoms with van der Waals surface area (Å²) in [5.74, 6) is 1.38. The van der Waals surface area contributed by atoms with Gasteiger partial charge in [-0.15, -0.1) is 11.6 Å². The first kappa shape index (κ1) is 11.4. The van der Waals surface area contributed by atoms with Crippen LogP contribution in [0.1, 0.15) is 38.6 Å². The van der Waals surface area contributed by atoms with Crippen LogP contribution in [0.2, 0.25) is 0 Å². The van der Waals surface area contributed by atoms with Gasteiger partial charge in [-0.3, -0.25) is 4.98 Å². The second kappa shape index (κ2) is 4.83.